The Morgan fingerprint density at radius 2 is 1.90 bits per heavy atom. The molecule has 116 valence electrons. The van der Waals surface area contributed by atoms with Gasteiger partial charge >= 0.3 is 6.09 Å². The molecule has 1 aromatic carbocycles. The van der Waals surface area contributed by atoms with Gasteiger partial charge in [-0.3, -0.25) is 0 Å². The minimum atomic E-state index is -0.522. The molecule has 0 saturated heterocycles. The van der Waals surface area contributed by atoms with Gasteiger partial charge in [0.25, 0.3) is 0 Å². The SMILES string of the molecule is CCOC(=O)N[C@@H](c1ccc(OC)cc1)[C@H](C=O)C(C)C. The van der Waals surface area contributed by atoms with Crippen LogP contribution in [0, 0.1) is 11.8 Å². The number of methoxy groups -OCH3 is 1. The van der Waals surface area contributed by atoms with Crippen LogP contribution >= 0.6 is 0 Å². The van der Waals surface area contributed by atoms with Crippen LogP contribution in [0.1, 0.15) is 32.4 Å². The van der Waals surface area contributed by atoms with Crippen molar-refractivity contribution in [2.75, 3.05) is 13.7 Å². The van der Waals surface area contributed by atoms with E-state index in [1.165, 1.54) is 0 Å². The Kier molecular flexibility index (Phi) is 6.72. The topological polar surface area (TPSA) is 64.6 Å². The van der Waals surface area contributed by atoms with Gasteiger partial charge < -0.3 is 19.6 Å². The number of carbonyl (C=O) groups excluding carboxylic acids is 2. The third-order valence-electron chi connectivity index (χ3n) is 3.34. The summed E-state index contributed by atoms with van der Waals surface area (Å²) in [5.74, 6) is 0.486. The number of carbonyl (C=O) groups is 2. The molecule has 5 nitrogen and oxygen atoms in total. The summed E-state index contributed by atoms with van der Waals surface area (Å²) in [7, 11) is 1.59. The van der Waals surface area contributed by atoms with Gasteiger partial charge in [0.15, 0.2) is 0 Å². The Balaban J connectivity index is 3.03. The summed E-state index contributed by atoms with van der Waals surface area (Å²) in [4.78, 5) is 23.1. The van der Waals surface area contributed by atoms with Crippen molar-refractivity contribution in [1.29, 1.82) is 0 Å². The van der Waals surface area contributed by atoms with Crippen LogP contribution in [-0.4, -0.2) is 26.1 Å². The first-order valence-corrected chi connectivity index (χ1v) is 7.06. The predicted molar refractivity (Wildman–Crippen MR) is 80.3 cm³/mol. The first-order valence-electron chi connectivity index (χ1n) is 7.06. The third kappa shape index (κ3) is 4.77. The molecule has 2 atom stereocenters. The molecule has 1 rings (SSSR count). The molecule has 0 aliphatic heterocycles. The van der Waals surface area contributed by atoms with E-state index in [9.17, 15) is 9.59 Å². The van der Waals surface area contributed by atoms with Crippen molar-refractivity contribution < 1.29 is 19.1 Å². The van der Waals surface area contributed by atoms with Crippen molar-refractivity contribution in [1.82, 2.24) is 5.32 Å². The van der Waals surface area contributed by atoms with Gasteiger partial charge in [-0.15, -0.1) is 0 Å². The lowest BCUT2D eigenvalue weighted by Gasteiger charge is -2.27. The van der Waals surface area contributed by atoms with E-state index in [1.807, 2.05) is 26.0 Å². The van der Waals surface area contributed by atoms with Gasteiger partial charge in [-0.05, 0) is 30.5 Å². The van der Waals surface area contributed by atoms with E-state index in [4.69, 9.17) is 9.47 Å². The average molecular weight is 293 g/mol. The second-order valence-electron chi connectivity index (χ2n) is 5.07. The zero-order valence-electron chi connectivity index (χ0n) is 13.0. The van der Waals surface area contributed by atoms with E-state index in [2.05, 4.69) is 5.32 Å². The number of rotatable bonds is 7. The van der Waals surface area contributed by atoms with Crippen molar-refractivity contribution >= 4 is 12.4 Å². The van der Waals surface area contributed by atoms with Gasteiger partial charge in [-0.25, -0.2) is 4.79 Å². The van der Waals surface area contributed by atoms with Crippen LogP contribution in [0.5, 0.6) is 5.75 Å². The summed E-state index contributed by atoms with van der Waals surface area (Å²) in [6.45, 7) is 5.92. The number of nitrogens with one attached hydrogen (secondary N) is 1. The smallest absolute Gasteiger partial charge is 0.407 e. The van der Waals surface area contributed by atoms with E-state index in [0.29, 0.717) is 0 Å². The number of benzene rings is 1. The molecule has 0 bridgehead atoms. The zero-order valence-corrected chi connectivity index (χ0v) is 13.0. The normalized spacial score (nSPS) is 13.4. The lowest BCUT2D eigenvalue weighted by molar-refractivity contribution is -0.113. The van der Waals surface area contributed by atoms with Gasteiger partial charge in [0.05, 0.1) is 19.8 Å². The molecule has 0 radical (unpaired) electrons. The van der Waals surface area contributed by atoms with Crippen LogP contribution in [0.15, 0.2) is 24.3 Å². The molecule has 0 unspecified atom stereocenters. The molecule has 1 amide bonds. The van der Waals surface area contributed by atoms with Gasteiger partial charge in [0.2, 0.25) is 0 Å². The number of aldehydes is 1. The van der Waals surface area contributed by atoms with E-state index in [-0.39, 0.29) is 18.4 Å². The van der Waals surface area contributed by atoms with E-state index in [1.54, 1.807) is 26.2 Å². The molecule has 0 saturated carbocycles. The molecule has 0 aliphatic rings. The van der Waals surface area contributed by atoms with Crippen LogP contribution in [0.3, 0.4) is 0 Å². The molecule has 0 aromatic heterocycles. The number of hydrogen-bond donors (Lipinski definition) is 1. The first-order chi connectivity index (χ1) is 10.0. The lowest BCUT2D eigenvalue weighted by atomic mass is 9.85. The average Bonchev–Trinajstić information content (AvgIpc) is 2.47. The summed E-state index contributed by atoms with van der Waals surface area (Å²) < 4.78 is 10.0. The first kappa shape index (κ1) is 17.0. The third-order valence-corrected chi connectivity index (χ3v) is 3.34. The predicted octanol–water partition coefficient (Wildman–Crippen LogP) is 2.95. The van der Waals surface area contributed by atoms with Crippen molar-refractivity contribution in [2.24, 2.45) is 11.8 Å². The highest BCUT2D eigenvalue weighted by molar-refractivity contribution is 5.69. The molecular formula is C16H23NO4. The summed E-state index contributed by atoms with van der Waals surface area (Å²) in [6, 6.07) is 6.87. The van der Waals surface area contributed by atoms with Crippen LogP contribution < -0.4 is 10.1 Å². The molecule has 1 N–H and O–H groups in total. The Labute approximate surface area is 125 Å². The van der Waals surface area contributed by atoms with Gasteiger partial charge in [-0.2, -0.15) is 0 Å². The molecule has 0 spiro atoms. The van der Waals surface area contributed by atoms with Crippen molar-refractivity contribution in [3.8, 4) is 5.75 Å². The highest BCUT2D eigenvalue weighted by Gasteiger charge is 2.27. The second kappa shape index (κ2) is 8.29. The Morgan fingerprint density at radius 3 is 2.33 bits per heavy atom. The fraction of sp³-hybridized carbons (Fsp3) is 0.500. The van der Waals surface area contributed by atoms with Crippen LogP contribution in [0.4, 0.5) is 4.79 Å². The molecule has 5 heteroatoms. The largest absolute Gasteiger partial charge is 0.497 e. The maximum atomic E-state index is 11.7. The highest BCUT2D eigenvalue weighted by Crippen LogP contribution is 2.28. The second-order valence-corrected chi connectivity index (χ2v) is 5.07. The monoisotopic (exact) mass is 293 g/mol. The van der Waals surface area contributed by atoms with Crippen LogP contribution in [-0.2, 0) is 9.53 Å². The maximum Gasteiger partial charge on any atom is 0.407 e. The lowest BCUT2D eigenvalue weighted by Crippen LogP contribution is -2.36. The Morgan fingerprint density at radius 1 is 1.29 bits per heavy atom. The van der Waals surface area contributed by atoms with E-state index < -0.39 is 12.1 Å². The van der Waals surface area contributed by atoms with E-state index >= 15 is 0 Å². The number of hydrogen-bond acceptors (Lipinski definition) is 4. The quantitative estimate of drug-likeness (QED) is 0.785. The van der Waals surface area contributed by atoms with Gasteiger partial charge in [0.1, 0.15) is 12.0 Å². The molecule has 0 fully saturated rings. The Hall–Kier alpha value is -2.04. The fourth-order valence-corrected chi connectivity index (χ4v) is 2.13. The van der Waals surface area contributed by atoms with Crippen molar-refractivity contribution in [2.45, 2.75) is 26.8 Å². The number of ether oxygens (including phenoxy) is 2. The molecule has 21 heavy (non-hydrogen) atoms. The summed E-state index contributed by atoms with van der Waals surface area (Å²) >= 11 is 0. The summed E-state index contributed by atoms with van der Waals surface area (Å²) in [5.41, 5.74) is 0.842. The molecule has 0 aliphatic carbocycles. The highest BCUT2D eigenvalue weighted by atomic mass is 16.5. The minimum Gasteiger partial charge on any atom is -0.497 e. The van der Waals surface area contributed by atoms with Crippen molar-refractivity contribution in [3.05, 3.63) is 29.8 Å². The minimum absolute atomic E-state index is 0.0940. The summed E-state index contributed by atoms with van der Waals surface area (Å²) in [6.07, 6.45) is 0.358. The summed E-state index contributed by atoms with van der Waals surface area (Å²) in [5, 5.41) is 2.77. The molecule has 0 heterocycles. The maximum absolute atomic E-state index is 11.7. The number of amides is 1. The zero-order chi connectivity index (χ0) is 15.8. The van der Waals surface area contributed by atoms with Crippen molar-refractivity contribution in [3.63, 3.8) is 0 Å². The van der Waals surface area contributed by atoms with Crippen LogP contribution in [0.25, 0.3) is 0 Å². The molecule has 1 aromatic rings. The van der Waals surface area contributed by atoms with E-state index in [0.717, 1.165) is 17.6 Å². The van der Waals surface area contributed by atoms with Gasteiger partial charge in [-0.1, -0.05) is 26.0 Å². The Bertz CT molecular complexity index is 456. The van der Waals surface area contributed by atoms with Crippen LogP contribution in [0.2, 0.25) is 0 Å². The van der Waals surface area contributed by atoms with Gasteiger partial charge in [0, 0.05) is 5.92 Å². The molecular weight excluding hydrogens is 270 g/mol. The fourth-order valence-electron chi connectivity index (χ4n) is 2.13. The number of alkyl carbamates (subject to hydrolysis) is 1. The standard InChI is InChI=1S/C16H23NO4/c1-5-21-16(19)17-15(14(10-18)11(2)3)12-6-8-13(20-4)9-7-12/h6-11,14-15H,5H2,1-4H3,(H,17,19)/t14-,15+/m1/s1.